The van der Waals surface area contributed by atoms with Crippen LogP contribution < -0.4 is 5.32 Å². The molecular formula is C18H20N4O3. The van der Waals surface area contributed by atoms with Crippen molar-refractivity contribution < 1.29 is 14.7 Å². The number of carbonyl (C=O) groups excluding carboxylic acids is 1. The predicted molar refractivity (Wildman–Crippen MR) is 94.8 cm³/mol. The summed E-state index contributed by atoms with van der Waals surface area (Å²) in [5.41, 5.74) is 3.57. The molecule has 130 valence electrons. The molecule has 0 atom stereocenters. The summed E-state index contributed by atoms with van der Waals surface area (Å²) in [6.07, 6.45) is -0.0153. The van der Waals surface area contributed by atoms with Crippen LogP contribution in [0.25, 0.3) is 10.9 Å². The number of nitrogens with zero attached hydrogens (tertiary/aromatic N) is 3. The van der Waals surface area contributed by atoms with Crippen LogP contribution in [0, 0.1) is 13.8 Å². The number of carboxylic acid groups (broad SMARTS) is 1. The van der Waals surface area contributed by atoms with Crippen molar-refractivity contribution in [2.75, 3.05) is 5.32 Å². The van der Waals surface area contributed by atoms with E-state index in [0.29, 0.717) is 17.1 Å². The van der Waals surface area contributed by atoms with Gasteiger partial charge in [0.1, 0.15) is 5.69 Å². The Kier molecular flexibility index (Phi) is 4.31. The van der Waals surface area contributed by atoms with Crippen LogP contribution in [-0.2, 0) is 18.4 Å². The first-order chi connectivity index (χ1) is 11.9. The minimum absolute atomic E-state index is 0.0153. The van der Waals surface area contributed by atoms with E-state index in [1.165, 1.54) is 0 Å². The minimum atomic E-state index is -0.881. The van der Waals surface area contributed by atoms with Crippen LogP contribution in [0.3, 0.4) is 0 Å². The van der Waals surface area contributed by atoms with Gasteiger partial charge in [0.2, 0.25) is 0 Å². The molecule has 0 aliphatic carbocycles. The number of nitrogens with one attached hydrogen (secondary N) is 1. The quantitative estimate of drug-likeness (QED) is 0.747. The number of rotatable bonds is 5. The van der Waals surface area contributed by atoms with Crippen molar-refractivity contribution in [3.05, 3.63) is 47.4 Å². The van der Waals surface area contributed by atoms with Gasteiger partial charge in [-0.2, -0.15) is 5.10 Å². The molecule has 0 saturated carbocycles. The van der Waals surface area contributed by atoms with Crippen molar-refractivity contribution in [3.8, 4) is 0 Å². The standard InChI is InChI=1S/C18H20N4O3/c1-11-17(12(2)22(20-11)9-8-16(23)24)19-18(25)15-10-13-6-4-5-7-14(13)21(15)3/h4-7,10H,8-9H2,1-3H3,(H,19,25)(H,23,24). The summed E-state index contributed by atoms with van der Waals surface area (Å²) >= 11 is 0. The SMILES string of the molecule is Cc1nn(CCC(=O)O)c(C)c1NC(=O)c1cc2ccccc2n1C. The van der Waals surface area contributed by atoms with Gasteiger partial charge in [0.15, 0.2) is 0 Å². The zero-order valence-corrected chi connectivity index (χ0v) is 14.4. The Balaban J connectivity index is 1.87. The fourth-order valence-electron chi connectivity index (χ4n) is 2.98. The number of hydrogen-bond donors (Lipinski definition) is 2. The fourth-order valence-corrected chi connectivity index (χ4v) is 2.98. The molecule has 0 aliphatic rings. The van der Waals surface area contributed by atoms with Gasteiger partial charge in [-0.3, -0.25) is 14.3 Å². The van der Waals surface area contributed by atoms with Crippen LogP contribution in [0.2, 0.25) is 0 Å². The number of hydrogen-bond acceptors (Lipinski definition) is 3. The molecule has 0 spiro atoms. The third-order valence-electron chi connectivity index (χ3n) is 4.34. The Labute approximate surface area is 144 Å². The van der Waals surface area contributed by atoms with Gasteiger partial charge in [0.25, 0.3) is 5.91 Å². The van der Waals surface area contributed by atoms with Gasteiger partial charge >= 0.3 is 5.97 Å². The summed E-state index contributed by atoms with van der Waals surface area (Å²) in [6.45, 7) is 3.88. The Bertz CT molecular complexity index is 968. The molecule has 0 radical (unpaired) electrons. The van der Waals surface area contributed by atoms with Crippen molar-refractivity contribution in [2.24, 2.45) is 7.05 Å². The second-order valence-corrected chi connectivity index (χ2v) is 6.01. The number of amides is 1. The molecule has 3 rings (SSSR count). The van der Waals surface area contributed by atoms with E-state index in [1.807, 2.05) is 48.9 Å². The van der Waals surface area contributed by atoms with Crippen LogP contribution in [0.4, 0.5) is 5.69 Å². The maximum atomic E-state index is 12.7. The van der Waals surface area contributed by atoms with E-state index >= 15 is 0 Å². The van der Waals surface area contributed by atoms with Gasteiger partial charge in [-0.1, -0.05) is 18.2 Å². The molecule has 2 heterocycles. The van der Waals surface area contributed by atoms with E-state index in [2.05, 4.69) is 10.4 Å². The van der Waals surface area contributed by atoms with Crippen molar-refractivity contribution in [1.82, 2.24) is 14.3 Å². The van der Waals surface area contributed by atoms with E-state index in [9.17, 15) is 9.59 Å². The van der Waals surface area contributed by atoms with Crippen molar-refractivity contribution in [2.45, 2.75) is 26.8 Å². The molecule has 0 bridgehead atoms. The molecule has 2 N–H and O–H groups in total. The van der Waals surface area contributed by atoms with Gasteiger partial charge < -0.3 is 15.0 Å². The van der Waals surface area contributed by atoms with Crippen LogP contribution in [0.15, 0.2) is 30.3 Å². The lowest BCUT2D eigenvalue weighted by Crippen LogP contribution is -2.16. The zero-order valence-electron chi connectivity index (χ0n) is 14.4. The molecule has 25 heavy (non-hydrogen) atoms. The van der Waals surface area contributed by atoms with E-state index in [1.54, 1.807) is 11.6 Å². The average Bonchev–Trinajstić information content (AvgIpc) is 3.05. The number of carboxylic acids is 1. The number of aryl methyl sites for hydroxylation is 3. The van der Waals surface area contributed by atoms with Crippen molar-refractivity contribution in [1.29, 1.82) is 0 Å². The Morgan fingerprint density at radius 3 is 2.64 bits per heavy atom. The molecule has 0 unspecified atom stereocenters. The molecule has 0 aliphatic heterocycles. The molecule has 1 aromatic carbocycles. The highest BCUT2D eigenvalue weighted by molar-refractivity contribution is 6.06. The zero-order chi connectivity index (χ0) is 18.1. The highest BCUT2D eigenvalue weighted by Crippen LogP contribution is 2.23. The van der Waals surface area contributed by atoms with E-state index in [0.717, 1.165) is 16.6 Å². The summed E-state index contributed by atoms with van der Waals surface area (Å²) in [4.78, 5) is 23.5. The average molecular weight is 340 g/mol. The van der Waals surface area contributed by atoms with Gasteiger partial charge in [-0.05, 0) is 26.0 Å². The van der Waals surface area contributed by atoms with E-state index in [-0.39, 0.29) is 18.9 Å². The number of carbonyl (C=O) groups is 2. The summed E-state index contributed by atoms with van der Waals surface area (Å²) in [5.74, 6) is -1.10. The smallest absolute Gasteiger partial charge is 0.305 e. The molecule has 0 fully saturated rings. The molecular weight excluding hydrogens is 320 g/mol. The maximum absolute atomic E-state index is 12.7. The molecule has 0 saturated heterocycles. The number of aliphatic carboxylic acids is 1. The molecule has 3 aromatic rings. The summed E-state index contributed by atoms with van der Waals surface area (Å²) in [7, 11) is 1.85. The van der Waals surface area contributed by atoms with Crippen LogP contribution >= 0.6 is 0 Å². The molecule has 2 aromatic heterocycles. The fraction of sp³-hybridized carbons (Fsp3) is 0.278. The van der Waals surface area contributed by atoms with E-state index < -0.39 is 5.97 Å². The Morgan fingerprint density at radius 2 is 1.96 bits per heavy atom. The van der Waals surface area contributed by atoms with Crippen LogP contribution in [0.1, 0.15) is 28.3 Å². The van der Waals surface area contributed by atoms with Gasteiger partial charge in [-0.15, -0.1) is 0 Å². The number of anilines is 1. The summed E-state index contributed by atoms with van der Waals surface area (Å²) in [5, 5.41) is 17.1. The number of aromatic nitrogens is 3. The van der Waals surface area contributed by atoms with Gasteiger partial charge in [0.05, 0.1) is 30.0 Å². The van der Waals surface area contributed by atoms with E-state index in [4.69, 9.17) is 5.11 Å². The van der Waals surface area contributed by atoms with Gasteiger partial charge in [-0.25, -0.2) is 0 Å². The van der Waals surface area contributed by atoms with Crippen molar-refractivity contribution in [3.63, 3.8) is 0 Å². The number of benzene rings is 1. The first kappa shape index (κ1) is 16.8. The van der Waals surface area contributed by atoms with Crippen molar-refractivity contribution >= 4 is 28.5 Å². The topological polar surface area (TPSA) is 89.2 Å². The number of para-hydroxylation sites is 1. The first-order valence-corrected chi connectivity index (χ1v) is 8.00. The summed E-state index contributed by atoms with van der Waals surface area (Å²) < 4.78 is 3.46. The lowest BCUT2D eigenvalue weighted by Gasteiger charge is -2.08. The second kappa shape index (κ2) is 6.43. The number of fused-ring (bicyclic) bond motifs is 1. The normalized spacial score (nSPS) is 11.0. The monoisotopic (exact) mass is 340 g/mol. The predicted octanol–water partition coefficient (Wildman–Crippen LogP) is 2.72. The highest BCUT2D eigenvalue weighted by atomic mass is 16.4. The highest BCUT2D eigenvalue weighted by Gasteiger charge is 2.18. The lowest BCUT2D eigenvalue weighted by molar-refractivity contribution is -0.137. The van der Waals surface area contributed by atoms with Crippen LogP contribution in [0.5, 0.6) is 0 Å². The molecule has 1 amide bonds. The summed E-state index contributed by atoms with van der Waals surface area (Å²) in [6, 6.07) is 9.65. The van der Waals surface area contributed by atoms with Gasteiger partial charge in [0, 0.05) is 18.0 Å². The molecule has 7 nitrogen and oxygen atoms in total. The minimum Gasteiger partial charge on any atom is -0.481 e. The Hall–Kier alpha value is -3.09. The maximum Gasteiger partial charge on any atom is 0.305 e. The largest absolute Gasteiger partial charge is 0.481 e. The third-order valence-corrected chi connectivity index (χ3v) is 4.34. The van der Waals surface area contributed by atoms with Crippen LogP contribution in [-0.4, -0.2) is 31.3 Å². The third kappa shape index (κ3) is 3.13. The lowest BCUT2D eigenvalue weighted by atomic mass is 10.2. The second-order valence-electron chi connectivity index (χ2n) is 6.01. The Morgan fingerprint density at radius 1 is 1.24 bits per heavy atom. The first-order valence-electron chi connectivity index (χ1n) is 8.00. The molecule has 7 heteroatoms.